The van der Waals surface area contributed by atoms with Crippen LogP contribution >= 0.6 is 0 Å². The predicted molar refractivity (Wildman–Crippen MR) is 53.9 cm³/mol. The molecule has 0 radical (unpaired) electrons. The van der Waals surface area contributed by atoms with Gasteiger partial charge in [-0.15, -0.1) is 0 Å². The van der Waals surface area contributed by atoms with Crippen LogP contribution in [0.25, 0.3) is 0 Å². The lowest BCUT2D eigenvalue weighted by Crippen LogP contribution is -2.32. The maximum Gasteiger partial charge on any atom is 0.356 e. The highest BCUT2D eigenvalue weighted by Crippen LogP contribution is 2.10. The minimum atomic E-state index is -1.12. The molecular formula is C9H13N3O3. The van der Waals surface area contributed by atoms with E-state index in [-0.39, 0.29) is 18.3 Å². The molecule has 2 N–H and O–H groups in total. The van der Waals surface area contributed by atoms with Gasteiger partial charge in [0, 0.05) is 7.05 Å². The van der Waals surface area contributed by atoms with E-state index in [4.69, 9.17) is 10.2 Å². The van der Waals surface area contributed by atoms with Crippen molar-refractivity contribution in [3.8, 4) is 0 Å². The number of aliphatic hydroxyl groups is 1. The van der Waals surface area contributed by atoms with Crippen LogP contribution in [0.2, 0.25) is 0 Å². The molecule has 0 aromatic carbocycles. The molecule has 0 bridgehead atoms. The van der Waals surface area contributed by atoms with Gasteiger partial charge < -0.3 is 15.1 Å². The molecule has 6 heteroatoms. The Morgan fingerprint density at radius 2 is 2.27 bits per heavy atom. The molecule has 82 valence electrons. The van der Waals surface area contributed by atoms with Crippen LogP contribution in [0.1, 0.15) is 17.4 Å². The highest BCUT2D eigenvalue weighted by Gasteiger charge is 2.13. The van der Waals surface area contributed by atoms with Crippen molar-refractivity contribution in [1.82, 2.24) is 9.97 Å². The number of carboxylic acid groups (broad SMARTS) is 1. The summed E-state index contributed by atoms with van der Waals surface area (Å²) in [5.41, 5.74) is -0.107. The molecule has 6 nitrogen and oxygen atoms in total. The molecule has 0 fully saturated rings. The highest BCUT2D eigenvalue weighted by atomic mass is 16.4. The van der Waals surface area contributed by atoms with Gasteiger partial charge in [0.1, 0.15) is 5.82 Å². The Balaban J connectivity index is 2.94. The number of carboxylic acids is 1. The number of hydrogen-bond donors (Lipinski definition) is 2. The largest absolute Gasteiger partial charge is 0.476 e. The Morgan fingerprint density at radius 3 is 2.80 bits per heavy atom. The summed E-state index contributed by atoms with van der Waals surface area (Å²) in [4.78, 5) is 20.0. The van der Waals surface area contributed by atoms with Gasteiger partial charge in [0.2, 0.25) is 0 Å². The fourth-order valence-corrected chi connectivity index (χ4v) is 0.977. The van der Waals surface area contributed by atoms with Crippen LogP contribution in [0.3, 0.4) is 0 Å². The van der Waals surface area contributed by atoms with E-state index >= 15 is 0 Å². The first-order valence-corrected chi connectivity index (χ1v) is 4.45. The quantitative estimate of drug-likeness (QED) is 0.728. The van der Waals surface area contributed by atoms with Crippen LogP contribution in [-0.4, -0.2) is 45.8 Å². The molecule has 1 aromatic rings. The third-order valence-corrected chi connectivity index (χ3v) is 2.13. The molecule has 0 aliphatic carbocycles. The molecule has 0 saturated heterocycles. The van der Waals surface area contributed by atoms with E-state index in [1.54, 1.807) is 18.9 Å². The monoisotopic (exact) mass is 211 g/mol. The topological polar surface area (TPSA) is 86.5 Å². The Bertz CT molecular complexity index is 356. The maximum absolute atomic E-state index is 10.6. The summed E-state index contributed by atoms with van der Waals surface area (Å²) >= 11 is 0. The first kappa shape index (κ1) is 11.4. The van der Waals surface area contributed by atoms with Crippen molar-refractivity contribution >= 4 is 11.8 Å². The summed E-state index contributed by atoms with van der Waals surface area (Å²) in [5, 5.41) is 17.7. The normalized spacial score (nSPS) is 12.2. The minimum absolute atomic E-state index is 0.0323. The number of rotatable bonds is 4. The van der Waals surface area contributed by atoms with Crippen molar-refractivity contribution < 1.29 is 15.0 Å². The van der Waals surface area contributed by atoms with Crippen LogP contribution in [0, 0.1) is 0 Å². The highest BCUT2D eigenvalue weighted by molar-refractivity contribution is 5.85. The maximum atomic E-state index is 10.6. The van der Waals surface area contributed by atoms with E-state index in [1.165, 1.54) is 12.4 Å². The van der Waals surface area contributed by atoms with Crippen LogP contribution in [-0.2, 0) is 0 Å². The van der Waals surface area contributed by atoms with Gasteiger partial charge in [-0.05, 0) is 6.92 Å². The zero-order valence-corrected chi connectivity index (χ0v) is 8.58. The van der Waals surface area contributed by atoms with E-state index < -0.39 is 5.97 Å². The average Bonchev–Trinajstić information content (AvgIpc) is 2.27. The second-order valence-corrected chi connectivity index (χ2v) is 3.21. The number of carbonyl (C=O) groups is 1. The second kappa shape index (κ2) is 4.70. The van der Waals surface area contributed by atoms with Gasteiger partial charge in [-0.1, -0.05) is 0 Å². The number of anilines is 1. The number of aromatic carboxylic acids is 1. The number of aliphatic hydroxyl groups excluding tert-OH is 1. The Hall–Kier alpha value is -1.69. The van der Waals surface area contributed by atoms with Gasteiger partial charge >= 0.3 is 5.97 Å². The second-order valence-electron chi connectivity index (χ2n) is 3.21. The van der Waals surface area contributed by atoms with Crippen LogP contribution in [0.4, 0.5) is 5.82 Å². The van der Waals surface area contributed by atoms with Gasteiger partial charge in [-0.3, -0.25) is 4.98 Å². The van der Waals surface area contributed by atoms with E-state index in [9.17, 15) is 4.79 Å². The number of hydrogen-bond acceptors (Lipinski definition) is 5. The Labute approximate surface area is 87.2 Å². The third kappa shape index (κ3) is 2.63. The van der Waals surface area contributed by atoms with Crippen molar-refractivity contribution in [1.29, 1.82) is 0 Å². The van der Waals surface area contributed by atoms with Crippen molar-refractivity contribution in [2.24, 2.45) is 0 Å². The Kier molecular flexibility index (Phi) is 3.56. The zero-order valence-electron chi connectivity index (χ0n) is 8.58. The van der Waals surface area contributed by atoms with Crippen molar-refractivity contribution in [2.45, 2.75) is 13.0 Å². The lowest BCUT2D eigenvalue weighted by molar-refractivity contribution is 0.0690. The van der Waals surface area contributed by atoms with Gasteiger partial charge in [-0.25, -0.2) is 9.78 Å². The van der Waals surface area contributed by atoms with Crippen LogP contribution in [0.5, 0.6) is 0 Å². The third-order valence-electron chi connectivity index (χ3n) is 2.13. The van der Waals surface area contributed by atoms with E-state index in [2.05, 4.69) is 9.97 Å². The van der Waals surface area contributed by atoms with Gasteiger partial charge in [0.25, 0.3) is 0 Å². The van der Waals surface area contributed by atoms with Crippen LogP contribution in [0.15, 0.2) is 12.4 Å². The van der Waals surface area contributed by atoms with E-state index in [0.717, 1.165) is 0 Å². The molecule has 0 spiro atoms. The molecular weight excluding hydrogens is 198 g/mol. The van der Waals surface area contributed by atoms with Crippen molar-refractivity contribution in [2.75, 3.05) is 18.6 Å². The molecule has 0 saturated carbocycles. The van der Waals surface area contributed by atoms with Gasteiger partial charge in [0.15, 0.2) is 5.69 Å². The number of likely N-dealkylation sites (N-methyl/N-ethyl adjacent to an activating group) is 1. The van der Waals surface area contributed by atoms with Crippen molar-refractivity contribution in [3.05, 3.63) is 18.1 Å². The summed E-state index contributed by atoms with van der Waals surface area (Å²) in [5.74, 6) is -0.689. The number of nitrogens with zero attached hydrogens (tertiary/aromatic N) is 3. The fourth-order valence-electron chi connectivity index (χ4n) is 0.977. The molecule has 1 aromatic heterocycles. The molecule has 1 rings (SSSR count). The SMILES string of the molecule is CC(CO)N(C)c1cncc(C(=O)O)n1. The minimum Gasteiger partial charge on any atom is -0.476 e. The molecule has 0 aliphatic rings. The smallest absolute Gasteiger partial charge is 0.356 e. The molecule has 0 aliphatic heterocycles. The predicted octanol–water partition coefficient (Wildman–Crippen LogP) is -0.00820. The van der Waals surface area contributed by atoms with E-state index in [1.807, 2.05) is 0 Å². The van der Waals surface area contributed by atoms with Gasteiger partial charge in [0.05, 0.1) is 25.0 Å². The molecule has 1 atom stereocenters. The lowest BCUT2D eigenvalue weighted by Gasteiger charge is -2.23. The molecule has 15 heavy (non-hydrogen) atoms. The van der Waals surface area contributed by atoms with Crippen LogP contribution < -0.4 is 4.90 Å². The van der Waals surface area contributed by atoms with Gasteiger partial charge in [-0.2, -0.15) is 0 Å². The fraction of sp³-hybridized carbons (Fsp3) is 0.444. The first-order chi connectivity index (χ1) is 7.06. The average molecular weight is 211 g/mol. The molecule has 0 amide bonds. The molecule has 1 heterocycles. The number of aromatic nitrogens is 2. The molecule has 1 unspecified atom stereocenters. The lowest BCUT2D eigenvalue weighted by atomic mass is 10.3. The summed E-state index contributed by atoms with van der Waals surface area (Å²) in [6.45, 7) is 1.77. The summed E-state index contributed by atoms with van der Waals surface area (Å²) in [6.07, 6.45) is 2.64. The van der Waals surface area contributed by atoms with E-state index in [0.29, 0.717) is 5.82 Å². The standard InChI is InChI=1S/C9H13N3O3/c1-6(5-13)12(2)8-4-10-3-7(11-8)9(14)15/h3-4,6,13H,5H2,1-2H3,(H,14,15). The Morgan fingerprint density at radius 1 is 1.60 bits per heavy atom. The van der Waals surface area contributed by atoms with Crippen molar-refractivity contribution in [3.63, 3.8) is 0 Å². The summed E-state index contributed by atoms with van der Waals surface area (Å²) in [6, 6.07) is -0.136. The zero-order chi connectivity index (χ0) is 11.4. The summed E-state index contributed by atoms with van der Waals surface area (Å²) in [7, 11) is 1.72. The summed E-state index contributed by atoms with van der Waals surface area (Å²) < 4.78 is 0. The first-order valence-electron chi connectivity index (χ1n) is 4.45.